The average molecular weight is 369 g/mol. The van der Waals surface area contributed by atoms with Crippen molar-refractivity contribution in [2.45, 2.75) is 6.54 Å². The first-order valence-electron chi connectivity index (χ1n) is 8.11. The van der Waals surface area contributed by atoms with E-state index in [9.17, 15) is 4.79 Å². The quantitative estimate of drug-likeness (QED) is 0.684. The summed E-state index contributed by atoms with van der Waals surface area (Å²) in [7, 11) is 4.64. The van der Waals surface area contributed by atoms with Crippen LogP contribution in [0.1, 0.15) is 16.2 Å². The van der Waals surface area contributed by atoms with Gasteiger partial charge in [-0.1, -0.05) is 0 Å². The van der Waals surface area contributed by atoms with E-state index in [1.807, 2.05) is 12.1 Å². The fourth-order valence-electron chi connectivity index (χ4n) is 2.37. The van der Waals surface area contributed by atoms with Gasteiger partial charge in [-0.25, -0.2) is 0 Å². The van der Waals surface area contributed by atoms with Crippen molar-refractivity contribution in [2.75, 3.05) is 21.3 Å². The Labute approximate surface area is 156 Å². The first-order valence-corrected chi connectivity index (χ1v) is 8.11. The van der Waals surface area contributed by atoms with Crippen LogP contribution in [0.3, 0.4) is 0 Å². The van der Waals surface area contributed by atoms with E-state index in [-0.39, 0.29) is 12.5 Å². The Bertz CT molecular complexity index is 899. The molecule has 0 radical (unpaired) electrons. The van der Waals surface area contributed by atoms with Crippen molar-refractivity contribution in [1.29, 1.82) is 0 Å². The van der Waals surface area contributed by atoms with Crippen LogP contribution in [0.5, 0.6) is 17.2 Å². The lowest BCUT2D eigenvalue weighted by Gasteiger charge is -2.08. The molecule has 0 saturated carbocycles. The predicted octanol–water partition coefficient (Wildman–Crippen LogP) is 2.69. The van der Waals surface area contributed by atoms with Crippen LogP contribution in [-0.2, 0) is 6.54 Å². The van der Waals surface area contributed by atoms with Crippen LogP contribution in [-0.4, -0.2) is 37.4 Å². The third-order valence-corrected chi connectivity index (χ3v) is 3.82. The highest BCUT2D eigenvalue weighted by Crippen LogP contribution is 2.23. The number of hydrogen-bond donors (Lipinski definition) is 1. The number of carbonyl (C=O) groups excluding carboxylic acids is 1. The fourth-order valence-corrected chi connectivity index (χ4v) is 2.37. The highest BCUT2D eigenvalue weighted by atomic mass is 16.5. The second kappa shape index (κ2) is 8.22. The molecule has 8 nitrogen and oxygen atoms in total. The molecule has 0 atom stereocenters. The maximum absolute atomic E-state index is 12.4. The standard InChI is InChI=1S/C19H19N3O5/c1-24-14-6-4-12(5-7-14)19-22-21-17(27-19)11-20-18(23)13-8-15(25-2)10-16(9-13)26-3/h4-10H,11H2,1-3H3,(H,20,23). The average Bonchev–Trinajstić information content (AvgIpc) is 3.20. The third-order valence-electron chi connectivity index (χ3n) is 3.82. The maximum Gasteiger partial charge on any atom is 0.251 e. The Hall–Kier alpha value is -3.55. The molecular formula is C19H19N3O5. The molecule has 2 aromatic carbocycles. The number of aromatic nitrogens is 2. The molecule has 1 N–H and O–H groups in total. The van der Waals surface area contributed by atoms with Gasteiger partial charge in [0.25, 0.3) is 5.91 Å². The second-order valence-electron chi connectivity index (χ2n) is 5.51. The van der Waals surface area contributed by atoms with E-state index in [0.29, 0.717) is 28.8 Å². The Balaban J connectivity index is 1.66. The summed E-state index contributed by atoms with van der Waals surface area (Å²) in [6, 6.07) is 12.2. The van der Waals surface area contributed by atoms with E-state index in [1.165, 1.54) is 14.2 Å². The summed E-state index contributed by atoms with van der Waals surface area (Å²) >= 11 is 0. The van der Waals surface area contributed by atoms with Crippen LogP contribution in [0, 0.1) is 0 Å². The van der Waals surface area contributed by atoms with Crippen molar-refractivity contribution >= 4 is 5.91 Å². The largest absolute Gasteiger partial charge is 0.497 e. The number of carbonyl (C=O) groups is 1. The highest BCUT2D eigenvalue weighted by molar-refractivity contribution is 5.95. The van der Waals surface area contributed by atoms with E-state index in [1.54, 1.807) is 37.4 Å². The van der Waals surface area contributed by atoms with E-state index in [4.69, 9.17) is 18.6 Å². The first-order chi connectivity index (χ1) is 13.1. The number of methoxy groups -OCH3 is 3. The van der Waals surface area contributed by atoms with Gasteiger partial charge in [0, 0.05) is 17.2 Å². The van der Waals surface area contributed by atoms with Gasteiger partial charge >= 0.3 is 0 Å². The van der Waals surface area contributed by atoms with Gasteiger partial charge in [-0.15, -0.1) is 10.2 Å². The van der Waals surface area contributed by atoms with Crippen LogP contribution in [0.15, 0.2) is 46.9 Å². The zero-order chi connectivity index (χ0) is 19.2. The van der Waals surface area contributed by atoms with Crippen LogP contribution in [0.4, 0.5) is 0 Å². The van der Waals surface area contributed by atoms with Crippen molar-refractivity contribution in [2.24, 2.45) is 0 Å². The minimum atomic E-state index is -0.309. The van der Waals surface area contributed by atoms with Crippen molar-refractivity contribution in [1.82, 2.24) is 15.5 Å². The molecule has 3 aromatic rings. The summed E-state index contributed by atoms with van der Waals surface area (Å²) in [6.45, 7) is 0.0987. The lowest BCUT2D eigenvalue weighted by atomic mass is 10.2. The molecule has 27 heavy (non-hydrogen) atoms. The van der Waals surface area contributed by atoms with Crippen molar-refractivity contribution < 1.29 is 23.4 Å². The van der Waals surface area contributed by atoms with Gasteiger partial charge in [-0.05, 0) is 36.4 Å². The molecule has 1 heterocycles. The molecule has 0 spiro atoms. The molecule has 0 unspecified atom stereocenters. The van der Waals surface area contributed by atoms with Gasteiger partial charge in [-0.2, -0.15) is 0 Å². The van der Waals surface area contributed by atoms with Crippen molar-refractivity contribution in [3.05, 3.63) is 53.9 Å². The summed E-state index contributed by atoms with van der Waals surface area (Å²) in [6.07, 6.45) is 0. The van der Waals surface area contributed by atoms with E-state index in [2.05, 4.69) is 15.5 Å². The minimum Gasteiger partial charge on any atom is -0.497 e. The zero-order valence-corrected chi connectivity index (χ0v) is 15.2. The number of amides is 1. The zero-order valence-electron chi connectivity index (χ0n) is 15.2. The van der Waals surface area contributed by atoms with Crippen LogP contribution < -0.4 is 19.5 Å². The van der Waals surface area contributed by atoms with E-state index < -0.39 is 0 Å². The molecule has 0 aliphatic rings. The molecule has 0 bridgehead atoms. The number of nitrogens with one attached hydrogen (secondary N) is 1. The van der Waals surface area contributed by atoms with Gasteiger partial charge in [-0.3, -0.25) is 4.79 Å². The number of hydrogen-bond acceptors (Lipinski definition) is 7. The highest BCUT2D eigenvalue weighted by Gasteiger charge is 2.13. The smallest absolute Gasteiger partial charge is 0.251 e. The maximum atomic E-state index is 12.4. The van der Waals surface area contributed by atoms with Crippen molar-refractivity contribution in [3.8, 4) is 28.7 Å². The molecule has 0 aliphatic carbocycles. The molecular weight excluding hydrogens is 350 g/mol. The Morgan fingerprint density at radius 3 is 2.15 bits per heavy atom. The van der Waals surface area contributed by atoms with Crippen LogP contribution in [0.25, 0.3) is 11.5 Å². The number of rotatable bonds is 7. The topological polar surface area (TPSA) is 95.7 Å². The molecule has 140 valence electrons. The molecule has 1 amide bonds. The van der Waals surface area contributed by atoms with Gasteiger partial charge in [0.05, 0.1) is 27.9 Å². The van der Waals surface area contributed by atoms with Gasteiger partial charge < -0.3 is 23.9 Å². The monoisotopic (exact) mass is 369 g/mol. The lowest BCUT2D eigenvalue weighted by molar-refractivity contribution is 0.0946. The summed E-state index contributed by atoms with van der Waals surface area (Å²) in [5.74, 6) is 2.14. The van der Waals surface area contributed by atoms with Gasteiger partial charge in [0.1, 0.15) is 17.2 Å². The Morgan fingerprint density at radius 1 is 0.926 bits per heavy atom. The minimum absolute atomic E-state index is 0.0987. The summed E-state index contributed by atoms with van der Waals surface area (Å²) < 4.78 is 21.0. The molecule has 1 aromatic heterocycles. The van der Waals surface area contributed by atoms with Gasteiger partial charge in [0.2, 0.25) is 11.8 Å². The number of nitrogens with zero attached hydrogens (tertiary/aromatic N) is 2. The third kappa shape index (κ3) is 4.35. The molecule has 3 rings (SSSR count). The predicted molar refractivity (Wildman–Crippen MR) is 97.0 cm³/mol. The fraction of sp³-hybridized carbons (Fsp3) is 0.211. The summed E-state index contributed by atoms with van der Waals surface area (Å²) in [4.78, 5) is 12.4. The molecule has 0 aliphatic heterocycles. The summed E-state index contributed by atoms with van der Waals surface area (Å²) in [5, 5.41) is 10.7. The second-order valence-corrected chi connectivity index (χ2v) is 5.51. The van der Waals surface area contributed by atoms with E-state index in [0.717, 1.165) is 11.3 Å². The van der Waals surface area contributed by atoms with Gasteiger partial charge in [0.15, 0.2) is 0 Å². The lowest BCUT2D eigenvalue weighted by Crippen LogP contribution is -2.23. The first kappa shape index (κ1) is 18.2. The normalized spacial score (nSPS) is 10.3. The van der Waals surface area contributed by atoms with Crippen molar-refractivity contribution in [3.63, 3.8) is 0 Å². The summed E-state index contributed by atoms with van der Waals surface area (Å²) in [5.41, 5.74) is 1.17. The molecule has 0 saturated heterocycles. The van der Waals surface area contributed by atoms with Crippen LogP contribution in [0.2, 0.25) is 0 Å². The number of ether oxygens (including phenoxy) is 3. The number of benzene rings is 2. The Morgan fingerprint density at radius 2 is 1.56 bits per heavy atom. The Kier molecular flexibility index (Phi) is 5.55. The van der Waals surface area contributed by atoms with Crippen LogP contribution >= 0.6 is 0 Å². The SMILES string of the molecule is COc1ccc(-c2nnc(CNC(=O)c3cc(OC)cc(OC)c3)o2)cc1. The molecule has 0 fully saturated rings. The molecule has 8 heteroatoms. The van der Waals surface area contributed by atoms with E-state index >= 15 is 0 Å².